The van der Waals surface area contributed by atoms with Crippen LogP contribution in [0.4, 0.5) is 0 Å². The number of nitrogens with one attached hydrogen (secondary N) is 1. The second-order valence-electron chi connectivity index (χ2n) is 18.9. The number of aliphatic hydroxyl groups excluding tert-OH is 1. The summed E-state index contributed by atoms with van der Waals surface area (Å²) in [7, 11) is 1.27. The van der Waals surface area contributed by atoms with Crippen LogP contribution >= 0.6 is 7.82 Å². The van der Waals surface area contributed by atoms with Crippen molar-refractivity contribution < 1.29 is 32.9 Å². The molecule has 0 aliphatic rings. The molecule has 0 saturated carbocycles. The Morgan fingerprint density at radius 2 is 0.917 bits per heavy atom. The Balaban J connectivity index is 4.31. The average Bonchev–Trinajstić information content (AvgIpc) is 3.20. The van der Waals surface area contributed by atoms with Crippen molar-refractivity contribution in [1.29, 1.82) is 0 Å². The molecule has 8 nitrogen and oxygen atoms in total. The monoisotopic (exact) mass is 869 g/mol. The Labute approximate surface area is 373 Å². The Hall–Kier alpha value is -1.02. The largest absolute Gasteiger partial charge is 0.756 e. The Morgan fingerprint density at radius 3 is 1.30 bits per heavy atom. The lowest BCUT2D eigenvalue weighted by atomic mass is 10.0. The lowest BCUT2D eigenvalue weighted by Gasteiger charge is -2.29. The third kappa shape index (κ3) is 45.0. The zero-order chi connectivity index (χ0) is 44.3. The highest BCUT2D eigenvalue weighted by molar-refractivity contribution is 7.45. The number of unbranched alkanes of at least 4 members (excludes halogenated alkanes) is 32. The molecule has 0 fully saturated rings. The van der Waals surface area contributed by atoms with E-state index in [-0.39, 0.29) is 19.1 Å². The molecule has 0 spiro atoms. The van der Waals surface area contributed by atoms with E-state index >= 15 is 0 Å². The standard InChI is InChI=1S/C51H101N2O6P/c1-6-8-10-12-14-16-18-20-22-24-25-26-27-29-30-32-34-36-38-40-42-44-50(54)49(48-59-60(56,57)58-47-46-53(3,4)5)52-51(55)45-43-41-39-37-35-33-31-28-23-21-19-17-15-13-11-9-7-2/h21,23,42,44,49-50,54H,6-20,22,24-41,43,45-48H2,1-5H3,(H-,52,55,56,57)/b23-21-,44-42+. The van der Waals surface area contributed by atoms with Gasteiger partial charge in [0.25, 0.3) is 7.82 Å². The normalized spacial score (nSPS) is 14.3. The van der Waals surface area contributed by atoms with Crippen LogP contribution in [0.3, 0.4) is 0 Å². The maximum absolute atomic E-state index is 12.9. The maximum atomic E-state index is 12.9. The van der Waals surface area contributed by atoms with Gasteiger partial charge < -0.3 is 28.8 Å². The molecule has 60 heavy (non-hydrogen) atoms. The number of quaternary nitrogens is 1. The summed E-state index contributed by atoms with van der Waals surface area (Å²) in [6.45, 7) is 4.66. The fourth-order valence-electron chi connectivity index (χ4n) is 7.56. The van der Waals surface area contributed by atoms with E-state index in [1.165, 1.54) is 186 Å². The van der Waals surface area contributed by atoms with E-state index in [1.54, 1.807) is 6.08 Å². The number of phosphoric ester groups is 1. The predicted molar refractivity (Wildman–Crippen MR) is 256 cm³/mol. The highest BCUT2D eigenvalue weighted by atomic mass is 31.2. The van der Waals surface area contributed by atoms with Crippen LogP contribution in [-0.4, -0.2) is 68.5 Å². The average molecular weight is 869 g/mol. The molecule has 3 atom stereocenters. The molecule has 0 bridgehead atoms. The summed E-state index contributed by atoms with van der Waals surface area (Å²) in [5.74, 6) is -0.200. The molecular weight excluding hydrogens is 768 g/mol. The molecule has 0 aromatic heterocycles. The zero-order valence-corrected chi connectivity index (χ0v) is 41.3. The van der Waals surface area contributed by atoms with Crippen LogP contribution in [0.5, 0.6) is 0 Å². The number of rotatable bonds is 47. The second kappa shape index (κ2) is 43.2. The summed E-state index contributed by atoms with van der Waals surface area (Å²) in [6, 6.07) is -0.886. The summed E-state index contributed by atoms with van der Waals surface area (Å²) in [5, 5.41) is 13.8. The van der Waals surface area contributed by atoms with E-state index in [1.807, 2.05) is 27.2 Å². The topological polar surface area (TPSA) is 108 Å². The van der Waals surface area contributed by atoms with Gasteiger partial charge in [-0.3, -0.25) is 9.36 Å². The smallest absolute Gasteiger partial charge is 0.268 e. The van der Waals surface area contributed by atoms with E-state index in [0.29, 0.717) is 17.4 Å². The summed E-state index contributed by atoms with van der Waals surface area (Å²) < 4.78 is 23.3. The molecule has 0 aromatic rings. The highest BCUT2D eigenvalue weighted by Gasteiger charge is 2.23. The van der Waals surface area contributed by atoms with Crippen molar-refractivity contribution in [2.45, 2.75) is 257 Å². The summed E-state index contributed by atoms with van der Waals surface area (Å²) in [5.41, 5.74) is 0. The van der Waals surface area contributed by atoms with E-state index in [9.17, 15) is 19.4 Å². The van der Waals surface area contributed by atoms with E-state index in [0.717, 1.165) is 38.5 Å². The Morgan fingerprint density at radius 1 is 0.567 bits per heavy atom. The summed E-state index contributed by atoms with van der Waals surface area (Å²) in [4.78, 5) is 25.4. The number of allylic oxidation sites excluding steroid dienone is 3. The molecule has 2 N–H and O–H groups in total. The third-order valence-electron chi connectivity index (χ3n) is 11.7. The molecule has 1 amide bonds. The van der Waals surface area contributed by atoms with Gasteiger partial charge in [0.2, 0.25) is 5.91 Å². The van der Waals surface area contributed by atoms with Crippen LogP contribution in [0.2, 0.25) is 0 Å². The number of phosphoric acid groups is 1. The minimum absolute atomic E-state index is 0.000440. The molecule has 0 aromatic carbocycles. The van der Waals surface area contributed by atoms with Crippen LogP contribution in [0.25, 0.3) is 0 Å². The van der Waals surface area contributed by atoms with Gasteiger partial charge in [0, 0.05) is 6.42 Å². The predicted octanol–water partition coefficient (Wildman–Crippen LogP) is 14.2. The molecule has 0 radical (unpaired) electrons. The van der Waals surface area contributed by atoms with Crippen LogP contribution in [-0.2, 0) is 18.4 Å². The van der Waals surface area contributed by atoms with Crippen LogP contribution in [0.15, 0.2) is 24.3 Å². The molecule has 0 saturated heterocycles. The van der Waals surface area contributed by atoms with Gasteiger partial charge >= 0.3 is 0 Å². The number of amides is 1. The molecule has 0 aliphatic carbocycles. The van der Waals surface area contributed by atoms with E-state index in [2.05, 4.69) is 31.3 Å². The van der Waals surface area contributed by atoms with Gasteiger partial charge in [-0.2, -0.15) is 0 Å². The SMILES string of the molecule is CCCCCCCC/C=C\CCCCCCCCCC(=O)NC(COP(=O)([O-])OCC[N+](C)(C)C)C(O)/C=C/CCCCCCCCCCCCCCCCCCCCC. The van der Waals surface area contributed by atoms with Crippen LogP contribution < -0.4 is 10.2 Å². The van der Waals surface area contributed by atoms with Crippen molar-refractivity contribution >= 4 is 13.7 Å². The van der Waals surface area contributed by atoms with Crippen LogP contribution in [0.1, 0.15) is 245 Å². The first-order chi connectivity index (χ1) is 29.0. The fourth-order valence-corrected chi connectivity index (χ4v) is 8.28. The van der Waals surface area contributed by atoms with Gasteiger partial charge in [0.15, 0.2) is 0 Å². The lowest BCUT2D eigenvalue weighted by Crippen LogP contribution is -2.45. The van der Waals surface area contributed by atoms with E-state index in [4.69, 9.17) is 9.05 Å². The number of likely N-dealkylation sites (N-methyl/N-ethyl adjacent to an activating group) is 1. The molecule has 356 valence electrons. The number of aliphatic hydroxyl groups is 1. The van der Waals surface area contributed by atoms with Crippen molar-refractivity contribution in [2.24, 2.45) is 0 Å². The van der Waals surface area contributed by atoms with Crippen molar-refractivity contribution in [2.75, 3.05) is 40.9 Å². The highest BCUT2D eigenvalue weighted by Crippen LogP contribution is 2.38. The molecule has 0 heterocycles. The molecular formula is C51H101N2O6P. The zero-order valence-electron chi connectivity index (χ0n) is 40.4. The number of hydrogen-bond acceptors (Lipinski definition) is 6. The quantitative estimate of drug-likeness (QED) is 0.0273. The fraction of sp³-hybridized carbons (Fsp3) is 0.902. The first kappa shape index (κ1) is 59.0. The number of carbonyl (C=O) groups excluding carboxylic acids is 1. The minimum atomic E-state index is -4.59. The van der Waals surface area contributed by atoms with Gasteiger partial charge in [-0.1, -0.05) is 218 Å². The second-order valence-corrected chi connectivity index (χ2v) is 20.3. The Bertz CT molecular complexity index is 1030. The molecule has 9 heteroatoms. The van der Waals surface area contributed by atoms with Gasteiger partial charge in [-0.15, -0.1) is 0 Å². The van der Waals surface area contributed by atoms with Crippen molar-refractivity contribution in [1.82, 2.24) is 5.32 Å². The molecule has 0 rings (SSSR count). The van der Waals surface area contributed by atoms with Gasteiger partial charge in [-0.05, 0) is 44.9 Å². The lowest BCUT2D eigenvalue weighted by molar-refractivity contribution is -0.870. The summed E-state index contributed by atoms with van der Waals surface area (Å²) >= 11 is 0. The minimum Gasteiger partial charge on any atom is -0.756 e. The third-order valence-corrected chi connectivity index (χ3v) is 12.6. The molecule has 3 unspecified atom stereocenters. The number of hydrogen-bond donors (Lipinski definition) is 2. The van der Waals surface area contributed by atoms with Crippen LogP contribution in [0, 0.1) is 0 Å². The van der Waals surface area contributed by atoms with Crippen molar-refractivity contribution in [3.63, 3.8) is 0 Å². The Kier molecular flexibility index (Phi) is 42.5. The van der Waals surface area contributed by atoms with Gasteiger partial charge in [0.05, 0.1) is 39.9 Å². The summed E-state index contributed by atoms with van der Waals surface area (Å²) in [6.07, 6.45) is 52.3. The number of carbonyl (C=O) groups is 1. The van der Waals surface area contributed by atoms with Gasteiger partial charge in [0.1, 0.15) is 13.2 Å². The van der Waals surface area contributed by atoms with Crippen molar-refractivity contribution in [3.05, 3.63) is 24.3 Å². The maximum Gasteiger partial charge on any atom is 0.268 e. The van der Waals surface area contributed by atoms with Crippen molar-refractivity contribution in [3.8, 4) is 0 Å². The first-order valence-corrected chi connectivity index (χ1v) is 27.2. The van der Waals surface area contributed by atoms with Gasteiger partial charge in [-0.25, -0.2) is 0 Å². The number of nitrogens with zero attached hydrogens (tertiary/aromatic N) is 1. The first-order valence-electron chi connectivity index (χ1n) is 25.7. The van der Waals surface area contributed by atoms with E-state index < -0.39 is 20.0 Å². The molecule has 0 aliphatic heterocycles.